The molecule has 0 spiro atoms. The Balaban J connectivity index is 2.41. The third kappa shape index (κ3) is 2.50. The summed E-state index contributed by atoms with van der Waals surface area (Å²) >= 11 is 1.13. The van der Waals surface area contributed by atoms with Crippen LogP contribution in [0.15, 0.2) is 23.7 Å². The minimum atomic E-state index is -0.933. The number of carbonyl (C=O) groups is 1. The lowest BCUT2D eigenvalue weighted by molar-refractivity contribution is -0.384. The van der Waals surface area contributed by atoms with E-state index in [0.717, 1.165) is 23.5 Å². The minimum Gasteiger partial charge on any atom is -0.392 e. The summed E-state index contributed by atoms with van der Waals surface area (Å²) in [7, 11) is 0. The van der Waals surface area contributed by atoms with E-state index < -0.39 is 33.6 Å². The third-order valence-corrected chi connectivity index (χ3v) is 2.94. The van der Waals surface area contributed by atoms with Gasteiger partial charge < -0.3 is 5.73 Å². The number of nitro groups is 1. The van der Waals surface area contributed by atoms with Crippen molar-refractivity contribution in [1.29, 1.82) is 0 Å². The van der Waals surface area contributed by atoms with Crippen molar-refractivity contribution in [2.45, 2.75) is 0 Å². The van der Waals surface area contributed by atoms with Crippen LogP contribution in [0.1, 0.15) is 10.4 Å². The summed E-state index contributed by atoms with van der Waals surface area (Å²) in [4.78, 5) is 25.5. The molecule has 1 amide bonds. The smallest absolute Gasteiger partial charge is 0.293 e. The molecule has 0 saturated carbocycles. The van der Waals surface area contributed by atoms with Crippen LogP contribution in [0.4, 0.5) is 20.9 Å². The van der Waals surface area contributed by atoms with Crippen LogP contribution in [-0.4, -0.2) is 15.8 Å². The van der Waals surface area contributed by atoms with Crippen LogP contribution in [0.25, 0.3) is 0 Å². The molecule has 0 atom stereocenters. The maximum Gasteiger partial charge on any atom is 0.293 e. The molecule has 2 rings (SSSR count). The number of anilines is 2. The second-order valence-electron chi connectivity index (χ2n) is 3.40. The Bertz CT molecular complexity index is 644. The molecule has 98 valence electrons. The van der Waals surface area contributed by atoms with Gasteiger partial charge in [-0.05, 0) is 6.07 Å². The first-order valence-corrected chi connectivity index (χ1v) is 5.82. The maximum absolute atomic E-state index is 13.6. The van der Waals surface area contributed by atoms with Crippen LogP contribution in [0.3, 0.4) is 0 Å². The number of hydrogen-bond donors (Lipinski definition) is 2. The fourth-order valence-corrected chi connectivity index (χ4v) is 1.94. The predicted octanol–water partition coefficient (Wildman–Crippen LogP) is 2.02. The van der Waals surface area contributed by atoms with Crippen LogP contribution < -0.4 is 11.1 Å². The number of halogens is 1. The van der Waals surface area contributed by atoms with Gasteiger partial charge in [0.25, 0.3) is 11.6 Å². The molecule has 0 fully saturated rings. The van der Waals surface area contributed by atoms with Gasteiger partial charge in [-0.3, -0.25) is 20.2 Å². The highest BCUT2D eigenvalue weighted by Crippen LogP contribution is 2.28. The number of nitrogens with two attached hydrogens (primary N) is 1. The number of thiazole rings is 1. The summed E-state index contributed by atoms with van der Waals surface area (Å²) in [5.74, 6) is -1.81. The molecule has 0 aliphatic rings. The quantitative estimate of drug-likeness (QED) is 0.508. The first kappa shape index (κ1) is 12.9. The van der Waals surface area contributed by atoms with E-state index in [1.807, 2.05) is 0 Å². The number of rotatable bonds is 3. The highest BCUT2D eigenvalue weighted by Gasteiger charge is 2.24. The van der Waals surface area contributed by atoms with Crippen molar-refractivity contribution in [1.82, 2.24) is 4.98 Å². The lowest BCUT2D eigenvalue weighted by atomic mass is 10.1. The molecule has 0 saturated heterocycles. The number of nitrogen functional groups attached to an aromatic ring is 1. The van der Waals surface area contributed by atoms with Crippen LogP contribution >= 0.6 is 11.3 Å². The second kappa shape index (κ2) is 4.98. The summed E-state index contributed by atoms with van der Waals surface area (Å²) in [6.07, 6.45) is 1.45. The molecule has 0 unspecified atom stereocenters. The van der Waals surface area contributed by atoms with E-state index in [4.69, 9.17) is 5.73 Å². The molecule has 1 aromatic heterocycles. The van der Waals surface area contributed by atoms with E-state index in [0.29, 0.717) is 0 Å². The number of aromatic nitrogens is 1. The van der Waals surface area contributed by atoms with E-state index in [2.05, 4.69) is 10.3 Å². The fraction of sp³-hybridized carbons (Fsp3) is 0. The number of hydrogen-bond acceptors (Lipinski definition) is 6. The summed E-state index contributed by atoms with van der Waals surface area (Å²) < 4.78 is 13.6. The van der Waals surface area contributed by atoms with Crippen molar-refractivity contribution in [2.75, 3.05) is 11.1 Å². The van der Waals surface area contributed by atoms with Crippen molar-refractivity contribution in [2.24, 2.45) is 0 Å². The van der Waals surface area contributed by atoms with Crippen molar-refractivity contribution >= 4 is 33.8 Å². The molecule has 2 aromatic rings. The van der Waals surface area contributed by atoms with Gasteiger partial charge in [-0.25, -0.2) is 9.37 Å². The van der Waals surface area contributed by atoms with Gasteiger partial charge in [0.2, 0.25) is 0 Å². The SMILES string of the molecule is Nc1c([N+](=O)[O-])ccc(F)c1C(=O)Nc1nccs1. The Morgan fingerprint density at radius 1 is 1.53 bits per heavy atom. The van der Waals surface area contributed by atoms with Gasteiger partial charge in [0.15, 0.2) is 5.13 Å². The van der Waals surface area contributed by atoms with Crippen LogP contribution in [0.5, 0.6) is 0 Å². The largest absolute Gasteiger partial charge is 0.392 e. The van der Waals surface area contributed by atoms with Crippen LogP contribution in [0, 0.1) is 15.9 Å². The Kier molecular flexibility index (Phi) is 3.38. The monoisotopic (exact) mass is 282 g/mol. The molecular formula is C10H7FN4O3S. The Morgan fingerprint density at radius 2 is 2.26 bits per heavy atom. The number of benzene rings is 1. The Hall–Kier alpha value is -2.55. The van der Waals surface area contributed by atoms with Crippen molar-refractivity contribution < 1.29 is 14.1 Å². The first-order chi connectivity index (χ1) is 9.00. The van der Waals surface area contributed by atoms with Crippen molar-refractivity contribution in [3.63, 3.8) is 0 Å². The predicted molar refractivity (Wildman–Crippen MR) is 67.5 cm³/mol. The standard InChI is InChI=1S/C10H7FN4O3S/c11-5-1-2-6(15(17)18)8(12)7(5)9(16)14-10-13-3-4-19-10/h1-4H,12H2,(H,13,14,16). The number of carbonyl (C=O) groups excluding carboxylic acids is 1. The molecule has 7 nitrogen and oxygen atoms in total. The van der Waals surface area contributed by atoms with Crippen LogP contribution in [0.2, 0.25) is 0 Å². The third-order valence-electron chi connectivity index (χ3n) is 2.25. The Morgan fingerprint density at radius 3 is 2.84 bits per heavy atom. The zero-order valence-corrected chi connectivity index (χ0v) is 10.1. The van der Waals surface area contributed by atoms with Gasteiger partial charge in [0.05, 0.1) is 4.92 Å². The minimum absolute atomic E-state index is 0.246. The van der Waals surface area contributed by atoms with E-state index in [1.165, 1.54) is 6.20 Å². The van der Waals surface area contributed by atoms with E-state index in [1.54, 1.807) is 5.38 Å². The molecule has 1 heterocycles. The number of nitrogens with zero attached hydrogens (tertiary/aromatic N) is 2. The van der Waals surface area contributed by atoms with Gasteiger partial charge in [-0.15, -0.1) is 11.3 Å². The molecule has 19 heavy (non-hydrogen) atoms. The number of nitro benzene ring substituents is 1. The van der Waals surface area contributed by atoms with Crippen molar-refractivity contribution in [3.05, 3.63) is 45.2 Å². The van der Waals surface area contributed by atoms with Gasteiger partial charge in [0.1, 0.15) is 17.1 Å². The molecule has 0 aliphatic heterocycles. The highest BCUT2D eigenvalue weighted by atomic mass is 32.1. The average Bonchev–Trinajstić information content (AvgIpc) is 2.81. The zero-order valence-electron chi connectivity index (χ0n) is 9.29. The second-order valence-corrected chi connectivity index (χ2v) is 4.30. The van der Waals surface area contributed by atoms with E-state index >= 15 is 0 Å². The van der Waals surface area contributed by atoms with Gasteiger partial charge in [0, 0.05) is 17.6 Å². The molecule has 0 bridgehead atoms. The molecule has 9 heteroatoms. The average molecular weight is 282 g/mol. The maximum atomic E-state index is 13.6. The molecular weight excluding hydrogens is 275 g/mol. The fourth-order valence-electron chi connectivity index (χ4n) is 1.42. The summed E-state index contributed by atoms with van der Waals surface area (Å²) in [6, 6.07) is 1.73. The van der Waals surface area contributed by atoms with Gasteiger partial charge >= 0.3 is 0 Å². The molecule has 3 N–H and O–H groups in total. The lowest BCUT2D eigenvalue weighted by Gasteiger charge is -2.06. The molecule has 1 aromatic carbocycles. The first-order valence-electron chi connectivity index (χ1n) is 4.94. The summed E-state index contributed by atoms with van der Waals surface area (Å²) in [5.41, 5.74) is 3.85. The van der Waals surface area contributed by atoms with Crippen LogP contribution in [-0.2, 0) is 0 Å². The molecule has 0 radical (unpaired) electrons. The lowest BCUT2D eigenvalue weighted by Crippen LogP contribution is -2.16. The summed E-state index contributed by atoms with van der Waals surface area (Å²) in [5, 5.41) is 14.9. The highest BCUT2D eigenvalue weighted by molar-refractivity contribution is 7.13. The van der Waals surface area contributed by atoms with Crippen molar-refractivity contribution in [3.8, 4) is 0 Å². The molecule has 0 aliphatic carbocycles. The van der Waals surface area contributed by atoms with E-state index in [-0.39, 0.29) is 5.13 Å². The number of amides is 1. The van der Waals surface area contributed by atoms with E-state index in [9.17, 15) is 19.3 Å². The zero-order chi connectivity index (χ0) is 14.0. The topological polar surface area (TPSA) is 111 Å². The van der Waals surface area contributed by atoms with Gasteiger partial charge in [-0.2, -0.15) is 0 Å². The van der Waals surface area contributed by atoms with Gasteiger partial charge in [-0.1, -0.05) is 0 Å². The normalized spacial score (nSPS) is 10.2. The summed E-state index contributed by atoms with van der Waals surface area (Å²) in [6.45, 7) is 0. The Labute approximate surface area is 110 Å². The number of nitrogens with one attached hydrogen (secondary N) is 1.